The highest BCUT2D eigenvalue weighted by molar-refractivity contribution is 6.30. The predicted octanol–water partition coefficient (Wildman–Crippen LogP) is 3.99. The Morgan fingerprint density at radius 3 is 2.73 bits per heavy atom. The molecule has 0 fully saturated rings. The van der Waals surface area contributed by atoms with Crippen LogP contribution in [-0.4, -0.2) is 13.2 Å². The quantitative estimate of drug-likeness (QED) is 0.931. The Kier molecular flexibility index (Phi) is 4.36. The molecule has 1 N–H and O–H groups in total. The van der Waals surface area contributed by atoms with Gasteiger partial charge in [0.25, 0.3) is 0 Å². The number of rotatable bonds is 3. The monoisotopic (exact) mass is 314 g/mol. The number of nitrogens with zero attached hydrogens (tertiary/aromatic N) is 1. The van der Waals surface area contributed by atoms with Crippen LogP contribution < -0.4 is 14.8 Å². The molecule has 3 rings (SSSR count). The standard InChI is InChI=1S/C17H15ClN2O2/c18-14-3-4-15(13(9-14)10-19)20-11-12-2-5-16-17(8-12)22-7-1-6-21-16/h2-5,8-9,20H,1,6-7,11H2. The van der Waals surface area contributed by atoms with E-state index in [1.807, 2.05) is 24.3 Å². The van der Waals surface area contributed by atoms with Crippen molar-refractivity contribution in [2.75, 3.05) is 18.5 Å². The lowest BCUT2D eigenvalue weighted by molar-refractivity contribution is 0.297. The summed E-state index contributed by atoms with van der Waals surface area (Å²) in [5.74, 6) is 1.55. The van der Waals surface area contributed by atoms with Crippen molar-refractivity contribution in [2.24, 2.45) is 0 Å². The summed E-state index contributed by atoms with van der Waals surface area (Å²) < 4.78 is 11.3. The highest BCUT2D eigenvalue weighted by Crippen LogP contribution is 2.30. The highest BCUT2D eigenvalue weighted by Gasteiger charge is 2.11. The van der Waals surface area contributed by atoms with E-state index in [0.717, 1.165) is 29.2 Å². The van der Waals surface area contributed by atoms with E-state index in [9.17, 15) is 0 Å². The van der Waals surface area contributed by atoms with Crippen LogP contribution in [0.4, 0.5) is 5.69 Å². The Hall–Kier alpha value is -2.38. The summed E-state index contributed by atoms with van der Waals surface area (Å²) in [5.41, 5.74) is 2.35. The van der Waals surface area contributed by atoms with Gasteiger partial charge in [0.2, 0.25) is 0 Å². The molecular weight excluding hydrogens is 300 g/mol. The number of hydrogen-bond donors (Lipinski definition) is 1. The molecule has 0 spiro atoms. The van der Waals surface area contributed by atoms with Crippen LogP contribution in [-0.2, 0) is 6.54 Å². The van der Waals surface area contributed by atoms with Crippen molar-refractivity contribution < 1.29 is 9.47 Å². The lowest BCUT2D eigenvalue weighted by Gasteiger charge is -2.11. The van der Waals surface area contributed by atoms with Gasteiger partial charge >= 0.3 is 0 Å². The molecule has 5 heteroatoms. The maximum Gasteiger partial charge on any atom is 0.161 e. The zero-order valence-corrected chi connectivity index (χ0v) is 12.7. The molecule has 1 aliphatic rings. The SMILES string of the molecule is N#Cc1cc(Cl)ccc1NCc1ccc2c(c1)OCCCO2. The zero-order chi connectivity index (χ0) is 15.4. The predicted molar refractivity (Wildman–Crippen MR) is 85.5 cm³/mol. The maximum absolute atomic E-state index is 9.14. The van der Waals surface area contributed by atoms with Crippen molar-refractivity contribution in [3.05, 3.63) is 52.5 Å². The van der Waals surface area contributed by atoms with Crippen LogP contribution in [0.25, 0.3) is 0 Å². The normalized spacial score (nSPS) is 13.1. The molecule has 0 bridgehead atoms. The van der Waals surface area contributed by atoms with Crippen molar-refractivity contribution >= 4 is 17.3 Å². The van der Waals surface area contributed by atoms with Gasteiger partial charge in [0.05, 0.1) is 24.5 Å². The van der Waals surface area contributed by atoms with Crippen molar-refractivity contribution in [1.82, 2.24) is 0 Å². The number of benzene rings is 2. The second-order valence-electron chi connectivity index (χ2n) is 4.99. The molecule has 4 nitrogen and oxygen atoms in total. The van der Waals surface area contributed by atoms with Gasteiger partial charge in [-0.25, -0.2) is 0 Å². The number of hydrogen-bond acceptors (Lipinski definition) is 4. The molecule has 112 valence electrons. The first kappa shape index (κ1) is 14.6. The smallest absolute Gasteiger partial charge is 0.161 e. The third kappa shape index (κ3) is 3.26. The molecule has 0 aliphatic carbocycles. The molecule has 0 amide bonds. The number of ether oxygens (including phenoxy) is 2. The summed E-state index contributed by atoms with van der Waals surface area (Å²) in [7, 11) is 0. The van der Waals surface area contributed by atoms with Gasteiger partial charge in [-0.2, -0.15) is 5.26 Å². The van der Waals surface area contributed by atoms with E-state index < -0.39 is 0 Å². The summed E-state index contributed by atoms with van der Waals surface area (Å²) in [6.45, 7) is 1.94. The first-order valence-corrected chi connectivity index (χ1v) is 7.46. The van der Waals surface area contributed by atoms with E-state index in [1.165, 1.54) is 0 Å². The zero-order valence-electron chi connectivity index (χ0n) is 11.9. The summed E-state index contributed by atoms with van der Waals surface area (Å²) in [5, 5.41) is 13.0. The Bertz CT molecular complexity index is 725. The summed E-state index contributed by atoms with van der Waals surface area (Å²) in [4.78, 5) is 0. The van der Waals surface area contributed by atoms with Gasteiger partial charge in [-0.3, -0.25) is 0 Å². The van der Waals surface area contributed by atoms with E-state index in [1.54, 1.807) is 12.1 Å². The van der Waals surface area contributed by atoms with Gasteiger partial charge in [0, 0.05) is 18.0 Å². The van der Waals surface area contributed by atoms with Gasteiger partial charge in [-0.1, -0.05) is 17.7 Å². The van der Waals surface area contributed by atoms with Gasteiger partial charge in [0.1, 0.15) is 6.07 Å². The first-order valence-electron chi connectivity index (χ1n) is 7.08. The molecule has 0 unspecified atom stereocenters. The molecule has 2 aromatic carbocycles. The molecular formula is C17H15ClN2O2. The van der Waals surface area contributed by atoms with E-state index in [2.05, 4.69) is 11.4 Å². The van der Waals surface area contributed by atoms with Crippen LogP contribution in [0.3, 0.4) is 0 Å². The molecule has 0 atom stereocenters. The topological polar surface area (TPSA) is 54.3 Å². The molecule has 2 aromatic rings. The van der Waals surface area contributed by atoms with Gasteiger partial charge in [0.15, 0.2) is 11.5 Å². The minimum absolute atomic E-state index is 0.529. The fourth-order valence-corrected chi connectivity index (χ4v) is 2.45. The van der Waals surface area contributed by atoms with E-state index in [-0.39, 0.29) is 0 Å². The second-order valence-corrected chi connectivity index (χ2v) is 5.42. The average molecular weight is 315 g/mol. The third-order valence-corrected chi connectivity index (χ3v) is 3.63. The van der Waals surface area contributed by atoms with Crippen molar-refractivity contribution in [1.29, 1.82) is 5.26 Å². The Labute approximate surface area is 134 Å². The lowest BCUT2D eigenvalue weighted by Crippen LogP contribution is -2.02. The number of anilines is 1. The number of nitriles is 1. The average Bonchev–Trinajstić information content (AvgIpc) is 2.78. The number of nitrogens with one attached hydrogen (secondary N) is 1. The van der Waals surface area contributed by atoms with Crippen molar-refractivity contribution in [3.63, 3.8) is 0 Å². The van der Waals surface area contributed by atoms with Crippen LogP contribution in [0.1, 0.15) is 17.5 Å². The first-order chi connectivity index (χ1) is 10.8. The Balaban J connectivity index is 1.74. The molecule has 0 saturated heterocycles. The van der Waals surface area contributed by atoms with E-state index >= 15 is 0 Å². The van der Waals surface area contributed by atoms with Gasteiger partial charge < -0.3 is 14.8 Å². The largest absolute Gasteiger partial charge is 0.490 e. The molecule has 0 saturated carbocycles. The number of halogens is 1. The lowest BCUT2D eigenvalue weighted by atomic mass is 10.1. The van der Waals surface area contributed by atoms with Crippen LogP contribution in [0, 0.1) is 11.3 Å². The molecule has 1 aliphatic heterocycles. The van der Waals surface area contributed by atoms with Crippen molar-refractivity contribution in [2.45, 2.75) is 13.0 Å². The summed E-state index contributed by atoms with van der Waals surface area (Å²) in [6, 6.07) is 13.2. The molecule has 22 heavy (non-hydrogen) atoms. The molecule has 0 aromatic heterocycles. The van der Waals surface area contributed by atoms with Crippen molar-refractivity contribution in [3.8, 4) is 17.6 Å². The molecule has 1 heterocycles. The Morgan fingerprint density at radius 2 is 1.91 bits per heavy atom. The van der Waals surface area contributed by atoms with E-state index in [0.29, 0.717) is 30.3 Å². The Morgan fingerprint density at radius 1 is 1.09 bits per heavy atom. The van der Waals surface area contributed by atoms with E-state index in [4.69, 9.17) is 26.3 Å². The van der Waals surface area contributed by atoms with Crippen LogP contribution >= 0.6 is 11.6 Å². The molecule has 0 radical (unpaired) electrons. The fraction of sp³-hybridized carbons (Fsp3) is 0.235. The van der Waals surface area contributed by atoms with Crippen LogP contribution in [0.15, 0.2) is 36.4 Å². The fourth-order valence-electron chi connectivity index (χ4n) is 2.28. The van der Waals surface area contributed by atoms with Crippen LogP contribution in [0.2, 0.25) is 5.02 Å². The third-order valence-electron chi connectivity index (χ3n) is 3.40. The highest BCUT2D eigenvalue weighted by atomic mass is 35.5. The van der Waals surface area contributed by atoms with Gasteiger partial charge in [-0.05, 0) is 35.9 Å². The second kappa shape index (κ2) is 6.59. The summed E-state index contributed by atoms with van der Waals surface area (Å²) >= 11 is 5.90. The van der Waals surface area contributed by atoms with Gasteiger partial charge in [-0.15, -0.1) is 0 Å². The van der Waals surface area contributed by atoms with Crippen LogP contribution in [0.5, 0.6) is 11.5 Å². The maximum atomic E-state index is 9.14. The summed E-state index contributed by atoms with van der Waals surface area (Å²) in [6.07, 6.45) is 0.887. The minimum Gasteiger partial charge on any atom is -0.490 e. The minimum atomic E-state index is 0.529. The number of fused-ring (bicyclic) bond motifs is 1.